The molecule has 0 aliphatic carbocycles. The van der Waals surface area contributed by atoms with Gasteiger partial charge in [0.2, 0.25) is 5.95 Å². The molecule has 14 heteroatoms. The Labute approximate surface area is 193 Å². The van der Waals surface area contributed by atoms with Crippen LogP contribution >= 0.6 is 0 Å². The van der Waals surface area contributed by atoms with Crippen LogP contribution in [0, 0.1) is 0 Å². The van der Waals surface area contributed by atoms with Gasteiger partial charge in [0.15, 0.2) is 14.9 Å². The van der Waals surface area contributed by atoms with Crippen LogP contribution in [-0.2, 0) is 22.6 Å². The van der Waals surface area contributed by atoms with E-state index in [1.54, 1.807) is 12.1 Å². The van der Waals surface area contributed by atoms with Crippen LogP contribution in [0.1, 0.15) is 28.5 Å². The van der Waals surface area contributed by atoms with Gasteiger partial charge in [0.25, 0.3) is 5.91 Å². The first-order valence-electron chi connectivity index (χ1n) is 9.85. The number of alkyl halides is 3. The van der Waals surface area contributed by atoms with Crippen LogP contribution in [0.3, 0.4) is 0 Å². The van der Waals surface area contributed by atoms with Gasteiger partial charge in [0, 0.05) is 36.9 Å². The third kappa shape index (κ3) is 5.75. The average Bonchev–Trinajstić information content (AvgIpc) is 2.82. The van der Waals surface area contributed by atoms with Crippen molar-refractivity contribution in [3.05, 3.63) is 59.7 Å². The lowest BCUT2D eigenvalue weighted by atomic mass is 10.2. The molecule has 1 aromatic carbocycles. The molecule has 0 bridgehead atoms. The summed E-state index contributed by atoms with van der Waals surface area (Å²) in [6, 6.07) is 6.13. The quantitative estimate of drug-likeness (QED) is 0.430. The highest BCUT2D eigenvalue weighted by Crippen LogP contribution is 2.34. The maximum Gasteiger partial charge on any atom is 0.421 e. The monoisotopic (exact) mass is 495 g/mol. The molecule has 0 aliphatic rings. The van der Waals surface area contributed by atoms with Crippen LogP contribution in [0.2, 0.25) is 0 Å². The van der Waals surface area contributed by atoms with E-state index in [0.717, 1.165) is 0 Å². The Morgan fingerprint density at radius 2 is 1.74 bits per heavy atom. The highest BCUT2D eigenvalue weighted by molar-refractivity contribution is 7.91. The molecular weight excluding hydrogens is 475 g/mol. The van der Waals surface area contributed by atoms with Crippen molar-refractivity contribution < 1.29 is 26.4 Å². The number of hydrogen-bond donors (Lipinski definition) is 3. The van der Waals surface area contributed by atoms with Crippen LogP contribution in [-0.4, -0.2) is 47.1 Å². The summed E-state index contributed by atoms with van der Waals surface area (Å²) in [5.41, 5.74) is -0.360. The molecule has 34 heavy (non-hydrogen) atoms. The molecular formula is C20H20F3N7O3S. The van der Waals surface area contributed by atoms with Crippen molar-refractivity contribution in [2.45, 2.75) is 24.7 Å². The van der Waals surface area contributed by atoms with E-state index in [2.05, 4.69) is 35.9 Å². The summed E-state index contributed by atoms with van der Waals surface area (Å²) in [6.45, 7) is 1.05. The van der Waals surface area contributed by atoms with Gasteiger partial charge in [-0.3, -0.25) is 9.78 Å². The number of sulfone groups is 1. The lowest BCUT2D eigenvalue weighted by molar-refractivity contribution is -0.137. The van der Waals surface area contributed by atoms with Crippen LogP contribution in [0.5, 0.6) is 0 Å². The maximum absolute atomic E-state index is 13.5. The Balaban J connectivity index is 1.88. The van der Waals surface area contributed by atoms with Crippen molar-refractivity contribution in [2.75, 3.05) is 23.4 Å². The molecule has 0 unspecified atom stereocenters. The first kappa shape index (κ1) is 24.8. The van der Waals surface area contributed by atoms with Gasteiger partial charge < -0.3 is 16.0 Å². The Hall–Kier alpha value is -3.81. The molecule has 1 amide bonds. The van der Waals surface area contributed by atoms with E-state index < -0.39 is 27.4 Å². The van der Waals surface area contributed by atoms with E-state index in [4.69, 9.17) is 0 Å². The zero-order valence-electron chi connectivity index (χ0n) is 18.0. The fourth-order valence-electron chi connectivity index (χ4n) is 2.80. The fraction of sp³-hybridized carbons (Fsp3) is 0.250. The van der Waals surface area contributed by atoms with Gasteiger partial charge in [-0.25, -0.2) is 18.4 Å². The molecule has 0 fully saturated rings. The first-order chi connectivity index (χ1) is 16.0. The minimum Gasteiger partial charge on any atom is -0.364 e. The minimum absolute atomic E-state index is 0.0459. The molecule has 0 atom stereocenters. The number of carbonyl (C=O) groups is 1. The van der Waals surface area contributed by atoms with Gasteiger partial charge in [0.05, 0.1) is 18.0 Å². The number of nitrogens with one attached hydrogen (secondary N) is 3. The van der Waals surface area contributed by atoms with Crippen LogP contribution in [0.15, 0.2) is 47.9 Å². The van der Waals surface area contributed by atoms with Gasteiger partial charge in [-0.1, -0.05) is 6.92 Å². The predicted molar refractivity (Wildman–Crippen MR) is 117 cm³/mol. The number of carbonyl (C=O) groups excluding carboxylic acids is 1. The molecule has 2 heterocycles. The molecule has 3 aromatic rings. The zero-order chi connectivity index (χ0) is 24.9. The van der Waals surface area contributed by atoms with Gasteiger partial charge in [-0.05, 0) is 24.3 Å². The Bertz CT molecular complexity index is 1280. The summed E-state index contributed by atoms with van der Waals surface area (Å²) in [5, 5.41) is 7.42. The molecule has 0 saturated carbocycles. The van der Waals surface area contributed by atoms with E-state index in [1.807, 2.05) is 0 Å². The third-order valence-electron chi connectivity index (χ3n) is 4.56. The van der Waals surface area contributed by atoms with Crippen LogP contribution in [0.4, 0.5) is 30.6 Å². The number of nitrogens with zero attached hydrogens (tertiary/aromatic N) is 4. The highest BCUT2D eigenvalue weighted by atomic mass is 32.2. The summed E-state index contributed by atoms with van der Waals surface area (Å²) in [6.07, 6.45) is -1.73. The fourth-order valence-corrected chi connectivity index (χ4v) is 3.78. The normalized spacial score (nSPS) is 11.7. The van der Waals surface area contributed by atoms with E-state index in [0.29, 0.717) is 17.4 Å². The van der Waals surface area contributed by atoms with Crippen molar-refractivity contribution in [2.24, 2.45) is 0 Å². The van der Waals surface area contributed by atoms with Gasteiger partial charge in [0.1, 0.15) is 11.4 Å². The van der Waals surface area contributed by atoms with Crippen molar-refractivity contribution in [3.8, 4) is 0 Å². The molecule has 0 aliphatic heterocycles. The maximum atomic E-state index is 13.5. The summed E-state index contributed by atoms with van der Waals surface area (Å²) in [7, 11) is -2.25. The number of anilines is 3. The molecule has 2 aromatic heterocycles. The van der Waals surface area contributed by atoms with E-state index in [9.17, 15) is 26.4 Å². The van der Waals surface area contributed by atoms with Crippen molar-refractivity contribution >= 4 is 33.2 Å². The highest BCUT2D eigenvalue weighted by Gasteiger charge is 2.35. The van der Waals surface area contributed by atoms with Crippen molar-refractivity contribution in [1.82, 2.24) is 25.3 Å². The summed E-state index contributed by atoms with van der Waals surface area (Å²) >= 11 is 0. The van der Waals surface area contributed by atoms with Gasteiger partial charge in [-0.15, -0.1) is 0 Å². The van der Waals surface area contributed by atoms with Gasteiger partial charge in [-0.2, -0.15) is 18.2 Å². The topological polar surface area (TPSA) is 139 Å². The second-order valence-electron chi connectivity index (χ2n) is 6.80. The lowest BCUT2D eigenvalue weighted by Gasteiger charge is -2.15. The van der Waals surface area contributed by atoms with Crippen LogP contribution < -0.4 is 16.0 Å². The summed E-state index contributed by atoms with van der Waals surface area (Å²) in [5.74, 6) is -1.26. The smallest absolute Gasteiger partial charge is 0.364 e. The van der Waals surface area contributed by atoms with E-state index in [1.165, 1.54) is 38.5 Å². The Kier molecular flexibility index (Phi) is 7.29. The standard InChI is InChI=1S/C20H20F3N7O3S/c1-3-34(32,33)18-15(25-8-9-26-18)11-27-16-14(20(21,22)23)10-28-19(30-16)29-13-6-4-12(5-7-13)17(31)24-2/h4-10H,3,11H2,1-2H3,(H,24,31)(H2,27,28,29,30). The number of amides is 1. The largest absolute Gasteiger partial charge is 0.421 e. The molecule has 3 N–H and O–H groups in total. The second-order valence-corrected chi connectivity index (χ2v) is 8.99. The predicted octanol–water partition coefficient (Wildman–Crippen LogP) is 2.79. The number of benzene rings is 1. The third-order valence-corrected chi connectivity index (χ3v) is 6.25. The second kappa shape index (κ2) is 9.99. The number of halogens is 3. The lowest BCUT2D eigenvalue weighted by Crippen LogP contribution is -2.17. The number of aromatic nitrogens is 4. The molecule has 0 radical (unpaired) electrons. The van der Waals surface area contributed by atoms with Crippen LogP contribution in [0.25, 0.3) is 0 Å². The molecule has 0 saturated heterocycles. The minimum atomic E-state index is -4.77. The SMILES string of the molecule is CCS(=O)(=O)c1nccnc1CNc1nc(Nc2ccc(C(=O)NC)cc2)ncc1C(F)(F)F. The van der Waals surface area contributed by atoms with Crippen molar-refractivity contribution in [1.29, 1.82) is 0 Å². The zero-order valence-corrected chi connectivity index (χ0v) is 18.8. The average molecular weight is 495 g/mol. The molecule has 3 rings (SSSR count). The van der Waals surface area contributed by atoms with E-state index in [-0.39, 0.29) is 34.9 Å². The molecule has 0 spiro atoms. The van der Waals surface area contributed by atoms with E-state index >= 15 is 0 Å². The number of rotatable bonds is 8. The summed E-state index contributed by atoms with van der Waals surface area (Å²) in [4.78, 5) is 27.0. The Morgan fingerprint density at radius 1 is 1.06 bits per heavy atom. The summed E-state index contributed by atoms with van der Waals surface area (Å²) < 4.78 is 65.0. The molecule has 180 valence electrons. The Morgan fingerprint density at radius 3 is 2.35 bits per heavy atom. The van der Waals surface area contributed by atoms with Crippen molar-refractivity contribution in [3.63, 3.8) is 0 Å². The number of hydrogen-bond acceptors (Lipinski definition) is 9. The molecule has 10 nitrogen and oxygen atoms in total. The van der Waals surface area contributed by atoms with Gasteiger partial charge >= 0.3 is 6.18 Å². The first-order valence-corrected chi connectivity index (χ1v) is 11.5.